The first-order valence-corrected chi connectivity index (χ1v) is 8.42. The Morgan fingerprint density at radius 2 is 1.77 bits per heavy atom. The number of hydrogen-bond acceptors (Lipinski definition) is 4. The summed E-state index contributed by atoms with van der Waals surface area (Å²) < 4.78 is 79.7. The Kier molecular flexibility index (Phi) is 5.83. The van der Waals surface area contributed by atoms with E-state index in [1.807, 2.05) is 0 Å². The molecule has 0 aliphatic carbocycles. The molecule has 2 N–H and O–H groups in total. The van der Waals surface area contributed by atoms with Crippen LogP contribution in [0.5, 0.6) is 5.75 Å². The van der Waals surface area contributed by atoms with Crippen molar-refractivity contribution < 1.29 is 35.5 Å². The summed E-state index contributed by atoms with van der Waals surface area (Å²) in [4.78, 5) is 12.5. The highest BCUT2D eigenvalue weighted by Crippen LogP contribution is 2.30. The van der Waals surface area contributed by atoms with Gasteiger partial charge in [0.2, 0.25) is 0 Å². The van der Waals surface area contributed by atoms with E-state index in [-0.39, 0.29) is 5.75 Å². The Bertz CT molecular complexity index is 901. The van der Waals surface area contributed by atoms with Crippen molar-refractivity contribution in [2.24, 2.45) is 0 Å². The SMILES string of the molecule is O=C(COc1cccc(F)c1)NNS(=O)(=O)c1cccc(C(F)(F)F)c1. The molecule has 0 fully saturated rings. The highest BCUT2D eigenvalue weighted by atomic mass is 32.2. The highest BCUT2D eigenvalue weighted by molar-refractivity contribution is 7.89. The summed E-state index contributed by atoms with van der Waals surface area (Å²) in [6.07, 6.45) is -4.71. The number of rotatable bonds is 6. The summed E-state index contributed by atoms with van der Waals surface area (Å²) in [5.74, 6) is -1.49. The van der Waals surface area contributed by atoms with E-state index in [2.05, 4.69) is 0 Å². The van der Waals surface area contributed by atoms with Crippen LogP contribution in [0.2, 0.25) is 0 Å². The maximum absolute atomic E-state index is 12.9. The van der Waals surface area contributed by atoms with Crippen molar-refractivity contribution in [2.45, 2.75) is 11.1 Å². The van der Waals surface area contributed by atoms with E-state index in [9.17, 15) is 30.8 Å². The van der Waals surface area contributed by atoms with Crippen molar-refractivity contribution in [1.82, 2.24) is 10.3 Å². The molecule has 11 heteroatoms. The molecule has 0 aliphatic heterocycles. The maximum atomic E-state index is 12.9. The average molecular weight is 392 g/mol. The fourth-order valence-electron chi connectivity index (χ4n) is 1.76. The molecule has 0 unspecified atom stereocenters. The number of ether oxygens (including phenoxy) is 1. The van der Waals surface area contributed by atoms with E-state index in [1.165, 1.54) is 12.1 Å². The molecule has 2 aromatic rings. The first-order valence-electron chi connectivity index (χ1n) is 6.94. The molecular weight excluding hydrogens is 380 g/mol. The van der Waals surface area contributed by atoms with Crippen LogP contribution in [0.4, 0.5) is 17.6 Å². The van der Waals surface area contributed by atoms with Gasteiger partial charge in [-0.3, -0.25) is 10.2 Å². The van der Waals surface area contributed by atoms with Gasteiger partial charge in [-0.25, -0.2) is 12.8 Å². The number of nitrogens with one attached hydrogen (secondary N) is 2. The molecule has 2 rings (SSSR count). The zero-order valence-electron chi connectivity index (χ0n) is 12.9. The summed E-state index contributed by atoms with van der Waals surface area (Å²) in [5, 5.41) is 0. The number of sulfonamides is 1. The second kappa shape index (κ2) is 7.70. The Morgan fingerprint density at radius 3 is 2.42 bits per heavy atom. The third-order valence-corrected chi connectivity index (χ3v) is 4.21. The first kappa shape index (κ1) is 19.7. The Balaban J connectivity index is 1.96. The van der Waals surface area contributed by atoms with E-state index in [1.54, 1.807) is 10.3 Å². The third kappa shape index (κ3) is 5.43. The second-order valence-corrected chi connectivity index (χ2v) is 6.61. The number of hydrogen-bond donors (Lipinski definition) is 2. The molecule has 0 aromatic heterocycles. The lowest BCUT2D eigenvalue weighted by atomic mass is 10.2. The number of carbonyl (C=O) groups excluding carboxylic acids is 1. The minimum Gasteiger partial charge on any atom is -0.484 e. The smallest absolute Gasteiger partial charge is 0.416 e. The monoisotopic (exact) mass is 392 g/mol. The predicted molar refractivity (Wildman–Crippen MR) is 81.8 cm³/mol. The van der Waals surface area contributed by atoms with E-state index < -0.39 is 45.0 Å². The van der Waals surface area contributed by atoms with Gasteiger partial charge in [0.25, 0.3) is 15.9 Å². The second-order valence-electron chi connectivity index (χ2n) is 4.93. The fraction of sp³-hybridized carbons (Fsp3) is 0.133. The van der Waals surface area contributed by atoms with Gasteiger partial charge >= 0.3 is 6.18 Å². The van der Waals surface area contributed by atoms with Gasteiger partial charge in [0.15, 0.2) is 6.61 Å². The Hall–Kier alpha value is -2.66. The van der Waals surface area contributed by atoms with Crippen LogP contribution in [0.3, 0.4) is 0 Å². The number of amides is 1. The Morgan fingerprint density at radius 1 is 1.08 bits per heavy atom. The fourth-order valence-corrected chi connectivity index (χ4v) is 2.67. The first-order chi connectivity index (χ1) is 12.1. The van der Waals surface area contributed by atoms with E-state index in [0.717, 1.165) is 24.3 Å². The van der Waals surface area contributed by atoms with Gasteiger partial charge in [0.05, 0.1) is 10.5 Å². The molecule has 0 atom stereocenters. The largest absolute Gasteiger partial charge is 0.484 e. The lowest BCUT2D eigenvalue weighted by molar-refractivity contribution is -0.137. The van der Waals surface area contributed by atoms with E-state index in [4.69, 9.17) is 4.74 Å². The molecule has 6 nitrogen and oxygen atoms in total. The lowest BCUT2D eigenvalue weighted by Crippen LogP contribution is -2.43. The summed E-state index contributed by atoms with van der Waals surface area (Å²) in [7, 11) is -4.43. The molecular formula is C15H12F4N2O4S. The normalized spacial score (nSPS) is 11.8. The zero-order valence-corrected chi connectivity index (χ0v) is 13.7. The average Bonchev–Trinajstić information content (AvgIpc) is 2.58. The maximum Gasteiger partial charge on any atom is 0.416 e. The molecule has 0 spiro atoms. The van der Waals surface area contributed by atoms with Crippen LogP contribution in [-0.4, -0.2) is 20.9 Å². The van der Waals surface area contributed by atoms with Gasteiger partial charge in [0, 0.05) is 6.07 Å². The van der Waals surface area contributed by atoms with Gasteiger partial charge in [-0.1, -0.05) is 12.1 Å². The van der Waals surface area contributed by atoms with Gasteiger partial charge in [-0.15, -0.1) is 4.83 Å². The lowest BCUT2D eigenvalue weighted by Gasteiger charge is -2.11. The third-order valence-electron chi connectivity index (χ3n) is 2.96. The van der Waals surface area contributed by atoms with Crippen molar-refractivity contribution in [3.63, 3.8) is 0 Å². The predicted octanol–water partition coefficient (Wildman–Crippen LogP) is 2.23. The molecule has 26 heavy (non-hydrogen) atoms. The summed E-state index contributed by atoms with van der Waals surface area (Å²) in [6.45, 7) is -0.644. The van der Waals surface area contributed by atoms with E-state index in [0.29, 0.717) is 12.1 Å². The molecule has 0 aliphatic rings. The number of alkyl halides is 3. The van der Waals surface area contributed by atoms with Crippen LogP contribution in [0, 0.1) is 5.82 Å². The van der Waals surface area contributed by atoms with Gasteiger partial charge < -0.3 is 4.74 Å². The van der Waals surface area contributed by atoms with Crippen molar-refractivity contribution in [2.75, 3.05) is 6.61 Å². The van der Waals surface area contributed by atoms with Crippen LogP contribution in [0.15, 0.2) is 53.4 Å². The number of hydrazine groups is 1. The molecule has 0 saturated heterocycles. The summed E-state index contributed by atoms with van der Waals surface area (Å²) in [6, 6.07) is 7.90. The van der Waals surface area contributed by atoms with Gasteiger partial charge in [0.1, 0.15) is 11.6 Å². The topological polar surface area (TPSA) is 84.5 Å². The van der Waals surface area contributed by atoms with Gasteiger partial charge in [-0.05, 0) is 30.3 Å². The van der Waals surface area contributed by atoms with Crippen LogP contribution in [0.1, 0.15) is 5.56 Å². The molecule has 0 saturated carbocycles. The highest BCUT2D eigenvalue weighted by Gasteiger charge is 2.31. The molecule has 2 aromatic carbocycles. The summed E-state index contributed by atoms with van der Waals surface area (Å²) >= 11 is 0. The standard InChI is InChI=1S/C15H12F4N2O4S/c16-11-4-2-5-12(8-11)25-9-14(22)20-21-26(23,24)13-6-1-3-10(7-13)15(17,18)19/h1-8,21H,9H2,(H,20,22). The van der Waals surface area contributed by atoms with Gasteiger partial charge in [-0.2, -0.15) is 13.2 Å². The summed E-state index contributed by atoms with van der Waals surface area (Å²) in [5.41, 5.74) is 0.636. The van der Waals surface area contributed by atoms with Crippen molar-refractivity contribution in [3.05, 3.63) is 59.9 Å². The molecule has 0 heterocycles. The van der Waals surface area contributed by atoms with E-state index >= 15 is 0 Å². The molecule has 1 amide bonds. The Labute approximate surface area is 145 Å². The van der Waals surface area contributed by atoms with Crippen LogP contribution >= 0.6 is 0 Å². The number of carbonyl (C=O) groups is 1. The van der Waals surface area contributed by atoms with Crippen molar-refractivity contribution in [3.8, 4) is 5.75 Å². The molecule has 140 valence electrons. The minimum absolute atomic E-state index is 0.0425. The zero-order chi connectivity index (χ0) is 19.4. The van der Waals surface area contributed by atoms with Crippen molar-refractivity contribution in [1.29, 1.82) is 0 Å². The molecule has 0 bridgehead atoms. The number of benzene rings is 2. The minimum atomic E-state index is -4.71. The van der Waals surface area contributed by atoms with Crippen LogP contribution in [0.25, 0.3) is 0 Å². The quantitative estimate of drug-likeness (QED) is 0.583. The number of halogens is 4. The van der Waals surface area contributed by atoms with Crippen LogP contribution in [-0.2, 0) is 21.0 Å². The van der Waals surface area contributed by atoms with Crippen molar-refractivity contribution >= 4 is 15.9 Å². The van der Waals surface area contributed by atoms with Crippen LogP contribution < -0.4 is 15.0 Å². The molecule has 0 radical (unpaired) electrons.